The molecule has 0 spiro atoms. The average molecular weight is 415 g/mol. The number of nitrogens with one attached hydrogen (secondary N) is 1. The van der Waals surface area contributed by atoms with Gasteiger partial charge in [-0.25, -0.2) is 18.4 Å². The number of amides is 1. The number of sulfonamides is 1. The topological polar surface area (TPSA) is 92.3 Å². The van der Waals surface area contributed by atoms with Gasteiger partial charge in [0.05, 0.1) is 10.3 Å². The van der Waals surface area contributed by atoms with E-state index in [1.165, 1.54) is 58.4 Å². The molecule has 144 valence electrons. The van der Waals surface area contributed by atoms with E-state index in [9.17, 15) is 13.2 Å². The summed E-state index contributed by atoms with van der Waals surface area (Å²) in [5.41, 5.74) is 0.319. The van der Waals surface area contributed by atoms with Crippen LogP contribution < -0.4 is 5.32 Å². The molecular formula is C19H18N4O3S2. The number of nitrogens with zero attached hydrogens (tertiary/aromatic N) is 3. The summed E-state index contributed by atoms with van der Waals surface area (Å²) in [6.07, 6.45) is 4.41. The summed E-state index contributed by atoms with van der Waals surface area (Å²) < 4.78 is 26.7. The van der Waals surface area contributed by atoms with Crippen LogP contribution in [-0.2, 0) is 10.0 Å². The fourth-order valence-corrected chi connectivity index (χ4v) is 4.67. The minimum atomic E-state index is -3.71. The smallest absolute Gasteiger partial charge is 0.256 e. The molecule has 1 aromatic carbocycles. The van der Waals surface area contributed by atoms with E-state index in [0.717, 1.165) is 10.2 Å². The number of thiophene rings is 1. The summed E-state index contributed by atoms with van der Waals surface area (Å²) in [7, 11) is -3.71. The first-order chi connectivity index (χ1) is 13.5. The van der Waals surface area contributed by atoms with E-state index in [4.69, 9.17) is 0 Å². The molecule has 0 aliphatic rings. The van der Waals surface area contributed by atoms with Crippen LogP contribution in [0, 0.1) is 0 Å². The van der Waals surface area contributed by atoms with Crippen LogP contribution in [0.5, 0.6) is 0 Å². The van der Waals surface area contributed by atoms with Crippen molar-refractivity contribution < 1.29 is 13.2 Å². The van der Waals surface area contributed by atoms with E-state index >= 15 is 0 Å². The Hall–Kier alpha value is -2.88. The van der Waals surface area contributed by atoms with Gasteiger partial charge in [-0.15, -0.1) is 24.5 Å². The van der Waals surface area contributed by atoms with Gasteiger partial charge in [0.1, 0.15) is 17.0 Å². The highest BCUT2D eigenvalue weighted by Crippen LogP contribution is 2.24. The number of hydrogen-bond donors (Lipinski definition) is 1. The highest BCUT2D eigenvalue weighted by atomic mass is 32.2. The molecule has 0 unspecified atom stereocenters. The Labute approximate surface area is 167 Å². The van der Waals surface area contributed by atoms with Gasteiger partial charge in [-0.2, -0.15) is 4.31 Å². The Morgan fingerprint density at radius 3 is 2.43 bits per heavy atom. The molecule has 0 atom stereocenters. The summed E-state index contributed by atoms with van der Waals surface area (Å²) >= 11 is 1.45. The molecule has 0 radical (unpaired) electrons. The van der Waals surface area contributed by atoms with Crippen molar-refractivity contribution >= 4 is 43.3 Å². The van der Waals surface area contributed by atoms with Gasteiger partial charge < -0.3 is 5.32 Å². The van der Waals surface area contributed by atoms with Crippen molar-refractivity contribution in [1.82, 2.24) is 14.3 Å². The number of rotatable bonds is 8. The Morgan fingerprint density at radius 1 is 1.11 bits per heavy atom. The predicted molar refractivity (Wildman–Crippen MR) is 111 cm³/mol. The van der Waals surface area contributed by atoms with Gasteiger partial charge in [-0.3, -0.25) is 4.79 Å². The molecule has 0 aliphatic carbocycles. The second-order valence-electron chi connectivity index (χ2n) is 5.74. The number of benzene rings is 1. The quantitative estimate of drug-likeness (QED) is 0.571. The van der Waals surface area contributed by atoms with Crippen LogP contribution in [0.4, 0.5) is 5.82 Å². The van der Waals surface area contributed by atoms with Gasteiger partial charge in [0.15, 0.2) is 0 Å². The molecule has 2 aromatic heterocycles. The molecule has 0 saturated carbocycles. The van der Waals surface area contributed by atoms with Crippen LogP contribution in [0.2, 0.25) is 0 Å². The van der Waals surface area contributed by atoms with Gasteiger partial charge >= 0.3 is 0 Å². The average Bonchev–Trinajstić information content (AvgIpc) is 3.18. The first-order valence-electron chi connectivity index (χ1n) is 8.29. The van der Waals surface area contributed by atoms with Gasteiger partial charge in [-0.1, -0.05) is 12.2 Å². The van der Waals surface area contributed by atoms with Crippen LogP contribution in [0.15, 0.2) is 72.2 Å². The summed E-state index contributed by atoms with van der Waals surface area (Å²) in [5, 5.41) is 5.36. The van der Waals surface area contributed by atoms with Crippen molar-refractivity contribution in [2.75, 3.05) is 18.4 Å². The number of carbonyl (C=O) groups excluding carboxylic acids is 1. The number of carbonyl (C=O) groups is 1. The zero-order chi connectivity index (χ0) is 20.1. The van der Waals surface area contributed by atoms with Gasteiger partial charge in [0.2, 0.25) is 10.0 Å². The predicted octanol–water partition coefficient (Wildman–Crippen LogP) is 3.31. The van der Waals surface area contributed by atoms with Gasteiger partial charge in [0, 0.05) is 18.7 Å². The van der Waals surface area contributed by atoms with E-state index in [1.54, 1.807) is 0 Å². The summed E-state index contributed by atoms with van der Waals surface area (Å²) in [5.74, 6) is 0.0280. The van der Waals surface area contributed by atoms with Crippen LogP contribution in [0.1, 0.15) is 10.4 Å². The minimum absolute atomic E-state index is 0.0926. The Bertz CT molecular complexity index is 1110. The largest absolute Gasteiger partial charge is 0.306 e. The van der Waals surface area contributed by atoms with Crippen LogP contribution in [0.3, 0.4) is 0 Å². The fraction of sp³-hybridized carbons (Fsp3) is 0.105. The SMILES string of the molecule is C=CCN(CC=C)S(=O)(=O)c1ccc(C(=O)Nc2ncnc3sccc23)cc1. The second kappa shape index (κ2) is 8.42. The first kappa shape index (κ1) is 19.9. The molecule has 1 amide bonds. The lowest BCUT2D eigenvalue weighted by Gasteiger charge is -2.19. The number of hydrogen-bond acceptors (Lipinski definition) is 6. The third-order valence-corrected chi connectivity index (χ3v) is 6.58. The molecule has 7 nitrogen and oxygen atoms in total. The standard InChI is InChI=1S/C19H18N4O3S2/c1-3-10-23(11-4-2)28(25,26)15-7-5-14(6-8-15)18(24)22-17-16-9-12-27-19(16)21-13-20-17/h3-9,12-13H,1-2,10-11H2,(H,20,21,22,24). The highest BCUT2D eigenvalue weighted by molar-refractivity contribution is 7.89. The lowest BCUT2D eigenvalue weighted by atomic mass is 10.2. The Morgan fingerprint density at radius 2 is 1.79 bits per heavy atom. The summed E-state index contributed by atoms with van der Waals surface area (Å²) in [6.45, 7) is 7.50. The zero-order valence-electron chi connectivity index (χ0n) is 14.9. The molecule has 0 aliphatic heterocycles. The molecule has 1 N–H and O–H groups in total. The molecule has 9 heteroatoms. The fourth-order valence-electron chi connectivity index (χ4n) is 2.56. The lowest BCUT2D eigenvalue weighted by molar-refractivity contribution is 0.102. The van der Waals surface area contributed by atoms with Crippen molar-refractivity contribution in [2.24, 2.45) is 0 Å². The highest BCUT2D eigenvalue weighted by Gasteiger charge is 2.22. The van der Waals surface area contributed by atoms with E-state index in [1.807, 2.05) is 11.4 Å². The molecule has 0 fully saturated rings. The zero-order valence-corrected chi connectivity index (χ0v) is 16.5. The number of anilines is 1. The molecule has 0 saturated heterocycles. The molecular weight excluding hydrogens is 396 g/mol. The maximum atomic E-state index is 12.7. The molecule has 28 heavy (non-hydrogen) atoms. The van der Waals surface area contributed by atoms with Crippen molar-refractivity contribution in [2.45, 2.75) is 4.90 Å². The summed E-state index contributed by atoms with van der Waals surface area (Å²) in [6, 6.07) is 7.58. The maximum absolute atomic E-state index is 12.7. The van der Waals surface area contributed by atoms with E-state index in [2.05, 4.69) is 28.4 Å². The van der Waals surface area contributed by atoms with E-state index in [-0.39, 0.29) is 23.9 Å². The number of fused-ring (bicyclic) bond motifs is 1. The van der Waals surface area contributed by atoms with Crippen molar-refractivity contribution in [1.29, 1.82) is 0 Å². The van der Waals surface area contributed by atoms with Gasteiger partial charge in [-0.05, 0) is 35.7 Å². The molecule has 2 heterocycles. The van der Waals surface area contributed by atoms with E-state index in [0.29, 0.717) is 11.4 Å². The van der Waals surface area contributed by atoms with Gasteiger partial charge in [0.25, 0.3) is 5.91 Å². The first-order valence-corrected chi connectivity index (χ1v) is 10.6. The van der Waals surface area contributed by atoms with Crippen LogP contribution in [-0.4, -0.2) is 41.7 Å². The van der Waals surface area contributed by atoms with Crippen molar-refractivity contribution in [3.05, 3.63) is 72.9 Å². The third-order valence-electron chi connectivity index (χ3n) is 3.91. The van der Waals surface area contributed by atoms with Crippen LogP contribution >= 0.6 is 11.3 Å². The third kappa shape index (κ3) is 4.01. The second-order valence-corrected chi connectivity index (χ2v) is 8.57. The molecule has 0 bridgehead atoms. The molecule has 3 rings (SSSR count). The van der Waals surface area contributed by atoms with E-state index < -0.39 is 10.0 Å². The monoisotopic (exact) mass is 414 g/mol. The number of aromatic nitrogens is 2. The Kier molecular flexibility index (Phi) is 5.98. The lowest BCUT2D eigenvalue weighted by Crippen LogP contribution is -2.31. The van der Waals surface area contributed by atoms with Crippen molar-refractivity contribution in [3.8, 4) is 0 Å². The molecule has 3 aromatic rings. The minimum Gasteiger partial charge on any atom is -0.306 e. The maximum Gasteiger partial charge on any atom is 0.256 e. The Balaban J connectivity index is 1.81. The van der Waals surface area contributed by atoms with Crippen LogP contribution in [0.25, 0.3) is 10.2 Å². The summed E-state index contributed by atoms with van der Waals surface area (Å²) in [4.78, 5) is 21.6. The van der Waals surface area contributed by atoms with Crippen molar-refractivity contribution in [3.63, 3.8) is 0 Å². The normalized spacial score (nSPS) is 11.5.